The fourth-order valence-corrected chi connectivity index (χ4v) is 13.1. The Morgan fingerprint density at radius 3 is 1.08 bits per heavy atom. The summed E-state index contributed by atoms with van der Waals surface area (Å²) < 4.78 is 4.99. The molecule has 10 aromatic rings. The molecule has 0 bridgehead atoms. The van der Waals surface area contributed by atoms with E-state index in [4.69, 9.17) is 26.4 Å². The third-order valence-corrected chi connectivity index (χ3v) is 18.3. The van der Waals surface area contributed by atoms with E-state index in [1.165, 1.54) is 34.0 Å². The standard InChI is InChI=1S/C23H24N2O2S.C17H21NOS.C16H20N2OS.C11H21NO4.C9H8N2S.C7H6O2.H2S/c1-16(2)13-19(25-23(27)18-11-7-4-8-12-18)21(26)14-22-24-20(15-28-22)17-9-5-3-6-10-17;1-12(2)9-13(3)16(19)10-17-18-15(11-20-17)14-7-5-4-6-8-14;1-11(2)8-13(17)15(19)9-16-18-14(10-20-16)12-6-4-3-5-7-12;1-7(2)6-8(9(13)14)12-10(15)16-11(3,4)5;10-9-11-8(6-12-9)7-4-2-1-3-5-7;8-7(9)6-4-2-1-3-5-6;/h3-12,15-16,19H,13-14H2,1-2H3,(H,25,27);4-8,11-13H,9-10H2,1-3H3;3-7,10-11,13H,8-9,17H2,1-2H3;7-8H,6H2,1-5H3,(H,12,15)(H,13,14);1-6H,(H2,10,11);1-5H,(H,8,9);1H2/t19-;2*13-;8-;;;/m0000.../s1. The van der Waals surface area contributed by atoms with Gasteiger partial charge in [-0.15, -0.1) is 45.3 Å². The summed E-state index contributed by atoms with van der Waals surface area (Å²) >= 11 is 6.04. The summed E-state index contributed by atoms with van der Waals surface area (Å²) in [5, 5.41) is 33.6. The molecule has 0 saturated carbocycles. The molecular formula is C83H102N8O10S5. The second-order valence-electron chi connectivity index (χ2n) is 27.5. The van der Waals surface area contributed by atoms with Crippen LogP contribution < -0.4 is 22.1 Å². The van der Waals surface area contributed by atoms with Crippen LogP contribution in [0.1, 0.15) is 145 Å². The largest absolute Gasteiger partial charge is 0.480 e. The Bertz CT molecular complexity index is 4120. The zero-order valence-corrected chi connectivity index (χ0v) is 66.7. The van der Waals surface area contributed by atoms with Crippen molar-refractivity contribution in [3.63, 3.8) is 0 Å². The maximum absolute atomic E-state index is 12.9. The number of rotatable bonds is 26. The Hall–Kier alpha value is -9.36. The molecule has 6 aromatic carbocycles. The number of ketones is 3. The molecule has 10 rings (SSSR count). The molecule has 18 nitrogen and oxygen atoms in total. The number of ether oxygens (including phenoxy) is 1. The molecule has 4 heterocycles. The lowest BCUT2D eigenvalue weighted by molar-refractivity contribution is -0.140. The van der Waals surface area contributed by atoms with Crippen LogP contribution in [-0.4, -0.2) is 95.2 Å². The number of thiazole rings is 4. The van der Waals surface area contributed by atoms with Crippen molar-refractivity contribution in [2.45, 2.75) is 152 Å². The summed E-state index contributed by atoms with van der Waals surface area (Å²) in [4.78, 5) is 99.9. The molecule has 0 spiro atoms. The van der Waals surface area contributed by atoms with Crippen LogP contribution in [0.5, 0.6) is 0 Å². The fourth-order valence-electron chi connectivity index (χ4n) is 10.1. The highest BCUT2D eigenvalue weighted by Gasteiger charge is 2.26. The van der Waals surface area contributed by atoms with Gasteiger partial charge in [0.1, 0.15) is 32.4 Å². The molecule has 8 N–H and O–H groups in total. The number of amides is 2. The van der Waals surface area contributed by atoms with Crippen LogP contribution >= 0.6 is 58.8 Å². The van der Waals surface area contributed by atoms with Gasteiger partial charge in [-0.1, -0.05) is 220 Å². The second-order valence-corrected chi connectivity index (χ2v) is 31.2. The topological polar surface area (TPSA) is 297 Å². The number of carboxylic acid groups (broad SMARTS) is 2. The molecule has 0 aliphatic heterocycles. The number of hydrogen-bond acceptors (Lipinski definition) is 18. The number of Topliss-reactive ketones (excluding diaryl/α,β-unsaturated/α-hetero) is 3. The Kier molecular flexibility index (Phi) is 39.1. The van der Waals surface area contributed by atoms with Gasteiger partial charge < -0.3 is 37.1 Å². The summed E-state index contributed by atoms with van der Waals surface area (Å²) in [7, 11) is 0. The predicted molar refractivity (Wildman–Crippen MR) is 438 cm³/mol. The lowest BCUT2D eigenvalue weighted by atomic mass is 9.94. The molecule has 4 atom stereocenters. The molecule has 0 unspecified atom stereocenters. The van der Waals surface area contributed by atoms with E-state index < -0.39 is 35.7 Å². The number of hydrogen-bond donors (Lipinski definition) is 6. The summed E-state index contributed by atoms with van der Waals surface area (Å²) in [6.45, 7) is 23.5. The molecule has 0 saturated heterocycles. The first-order valence-corrected chi connectivity index (χ1v) is 38.4. The van der Waals surface area contributed by atoms with Gasteiger partial charge in [-0.3, -0.25) is 19.2 Å². The Balaban J connectivity index is 0.000000277. The zero-order valence-electron chi connectivity index (χ0n) is 62.4. The van der Waals surface area contributed by atoms with Gasteiger partial charge >= 0.3 is 18.0 Å². The van der Waals surface area contributed by atoms with E-state index in [1.807, 2.05) is 196 Å². The minimum Gasteiger partial charge on any atom is -0.480 e. The molecular weight excluding hydrogens is 1430 g/mol. The van der Waals surface area contributed by atoms with E-state index in [0.29, 0.717) is 65.5 Å². The highest BCUT2D eigenvalue weighted by Crippen LogP contribution is 2.27. The first-order valence-electron chi connectivity index (χ1n) is 34.9. The van der Waals surface area contributed by atoms with Gasteiger partial charge in [0.2, 0.25) is 0 Å². The number of aromatic nitrogens is 4. The van der Waals surface area contributed by atoms with E-state index in [9.17, 15) is 33.6 Å². The van der Waals surface area contributed by atoms with Crippen molar-refractivity contribution >= 4 is 105 Å². The Labute approximate surface area is 647 Å². The van der Waals surface area contributed by atoms with Gasteiger partial charge in [-0.2, -0.15) is 13.5 Å². The number of carbonyl (C=O) groups excluding carboxylic acids is 5. The maximum Gasteiger partial charge on any atom is 0.408 e. The predicted octanol–water partition coefficient (Wildman–Crippen LogP) is 18.6. The minimum absolute atomic E-state index is 0. The van der Waals surface area contributed by atoms with Crippen molar-refractivity contribution in [3.05, 3.63) is 230 Å². The van der Waals surface area contributed by atoms with E-state index >= 15 is 0 Å². The summed E-state index contributed by atoms with van der Waals surface area (Å²) in [5.41, 5.74) is 19.8. The van der Waals surface area contributed by atoms with Crippen LogP contribution in [0.4, 0.5) is 9.93 Å². The number of carboxylic acids is 2. The maximum atomic E-state index is 12.9. The van der Waals surface area contributed by atoms with Crippen LogP contribution in [0.2, 0.25) is 0 Å². The van der Waals surface area contributed by atoms with Gasteiger partial charge in [-0.25, -0.2) is 34.3 Å². The van der Waals surface area contributed by atoms with Crippen LogP contribution in [0.25, 0.3) is 45.0 Å². The molecule has 0 aliphatic rings. The minimum atomic E-state index is -1.04. The third-order valence-electron chi connectivity index (χ3n) is 15.1. The van der Waals surface area contributed by atoms with Crippen LogP contribution in [0, 0.1) is 29.6 Å². The smallest absolute Gasteiger partial charge is 0.408 e. The number of nitrogens with one attached hydrogen (secondary N) is 2. The number of carbonyl (C=O) groups is 7. The van der Waals surface area contributed by atoms with Gasteiger partial charge in [0, 0.05) is 55.3 Å². The highest BCUT2D eigenvalue weighted by molar-refractivity contribution is 7.59. The van der Waals surface area contributed by atoms with Crippen molar-refractivity contribution in [3.8, 4) is 45.0 Å². The molecule has 0 aliphatic carbocycles. The number of nitrogen functional groups attached to an aromatic ring is 1. The number of nitrogens with two attached hydrogens (primary N) is 2. The highest BCUT2D eigenvalue weighted by atomic mass is 32.1. The van der Waals surface area contributed by atoms with Gasteiger partial charge in [0.25, 0.3) is 5.91 Å². The quantitative estimate of drug-likeness (QED) is 0.0294. The first-order chi connectivity index (χ1) is 49.9. The first kappa shape index (κ1) is 89.0. The molecule has 23 heteroatoms. The van der Waals surface area contributed by atoms with Crippen molar-refractivity contribution in [2.75, 3.05) is 5.73 Å². The van der Waals surface area contributed by atoms with Crippen LogP contribution in [0.15, 0.2) is 204 Å². The average Bonchev–Trinajstić information content (AvgIpc) is 1.71. The Morgan fingerprint density at radius 2 is 0.755 bits per heavy atom. The molecule has 0 radical (unpaired) electrons. The molecule has 2 amide bonds. The number of anilines is 1. The van der Waals surface area contributed by atoms with Crippen molar-refractivity contribution in [1.82, 2.24) is 30.6 Å². The Morgan fingerprint density at radius 1 is 0.425 bits per heavy atom. The SMILES string of the molecule is CC(C)C[C@H](C)C(=O)Cc1nc(-c2ccccc2)cs1.CC(C)C[C@H](N)C(=O)Cc1nc(-c2ccccc2)cs1.CC(C)C[C@H](NC(=O)OC(C)(C)C)C(=O)O.CC(C)C[C@H](NC(=O)c1ccccc1)C(=O)Cc1nc(-c2ccccc2)cs1.Nc1nc(-c2ccccc2)cs1.O=C(O)c1ccccc1.S. The van der Waals surface area contributed by atoms with Gasteiger partial charge in [0.05, 0.1) is 59.7 Å². The van der Waals surface area contributed by atoms with Crippen molar-refractivity contribution < 1.29 is 48.5 Å². The van der Waals surface area contributed by atoms with E-state index in [0.717, 1.165) is 72.9 Å². The van der Waals surface area contributed by atoms with Crippen molar-refractivity contribution in [1.29, 1.82) is 0 Å². The second kappa shape index (κ2) is 46.6. The summed E-state index contributed by atoms with van der Waals surface area (Å²) in [5.74, 6) is -0.169. The number of aliphatic carboxylic acids is 1. The van der Waals surface area contributed by atoms with Gasteiger partial charge in [-0.05, 0) is 94.4 Å². The number of benzene rings is 6. The molecule has 4 aromatic heterocycles. The number of aromatic carboxylic acids is 1. The summed E-state index contributed by atoms with van der Waals surface area (Å²) in [6, 6.07) is 55.5. The molecule has 106 heavy (non-hydrogen) atoms. The fraction of sp³-hybridized carbons (Fsp3) is 0.337. The monoisotopic (exact) mass is 1530 g/mol. The third kappa shape index (κ3) is 34.3. The summed E-state index contributed by atoms with van der Waals surface area (Å²) in [6.07, 6.45) is 3.01. The zero-order chi connectivity index (χ0) is 77.0. The van der Waals surface area contributed by atoms with Crippen LogP contribution in [-0.2, 0) is 43.2 Å². The van der Waals surface area contributed by atoms with Crippen LogP contribution in [0.3, 0.4) is 0 Å². The van der Waals surface area contributed by atoms with Gasteiger partial charge in [0.15, 0.2) is 16.7 Å². The van der Waals surface area contributed by atoms with E-state index in [1.54, 1.807) is 74.6 Å². The van der Waals surface area contributed by atoms with E-state index in [2.05, 4.69) is 58.3 Å². The number of alkyl carbamates (subject to hydrolysis) is 1. The lowest BCUT2D eigenvalue weighted by Gasteiger charge is -2.22. The normalized spacial score (nSPS) is 11.8. The molecule has 564 valence electrons. The average molecular weight is 1530 g/mol. The molecule has 0 fully saturated rings. The number of nitrogens with zero attached hydrogens (tertiary/aromatic N) is 4. The van der Waals surface area contributed by atoms with Crippen molar-refractivity contribution in [2.24, 2.45) is 35.3 Å². The van der Waals surface area contributed by atoms with E-state index in [-0.39, 0.29) is 55.3 Å². The lowest BCUT2D eigenvalue weighted by Crippen LogP contribution is -2.44.